The number of nitrogens with one attached hydrogen (secondary N) is 1. The second-order valence-electron chi connectivity index (χ2n) is 5.22. The molecule has 0 aliphatic rings. The van der Waals surface area contributed by atoms with E-state index in [2.05, 4.69) is 87.8 Å². The number of halogens is 1. The molecule has 0 fully saturated rings. The van der Waals surface area contributed by atoms with Crippen molar-refractivity contribution in [2.75, 3.05) is 11.9 Å². The molecule has 3 rings (SSSR count). The first-order valence-corrected chi connectivity index (χ1v) is 7.86. The molecular weight excluding hydrogens is 324 g/mol. The second kappa shape index (κ2) is 6.27. The van der Waals surface area contributed by atoms with Crippen molar-refractivity contribution in [2.24, 2.45) is 0 Å². The summed E-state index contributed by atoms with van der Waals surface area (Å²) < 4.78 is 1.00. The molecule has 1 atom stereocenters. The highest BCUT2D eigenvalue weighted by Gasteiger charge is 2.07. The Kier molecular flexibility index (Phi) is 4.20. The molecule has 0 aliphatic carbocycles. The van der Waals surface area contributed by atoms with Gasteiger partial charge in [-0.25, -0.2) is 0 Å². The first-order chi connectivity index (χ1) is 10.2. The summed E-state index contributed by atoms with van der Waals surface area (Å²) in [6.07, 6.45) is 1.84. The van der Waals surface area contributed by atoms with Crippen LogP contribution < -0.4 is 5.32 Å². The van der Waals surface area contributed by atoms with Crippen LogP contribution in [0.5, 0.6) is 0 Å². The molecule has 0 saturated carbocycles. The van der Waals surface area contributed by atoms with E-state index in [1.165, 1.54) is 5.56 Å². The van der Waals surface area contributed by atoms with Crippen molar-refractivity contribution in [1.82, 2.24) is 4.98 Å². The van der Waals surface area contributed by atoms with Gasteiger partial charge in [0.2, 0.25) is 0 Å². The predicted molar refractivity (Wildman–Crippen MR) is 92.8 cm³/mol. The Labute approximate surface area is 133 Å². The Bertz CT molecular complexity index is 741. The van der Waals surface area contributed by atoms with E-state index in [0.717, 1.165) is 27.6 Å². The average Bonchev–Trinajstić information content (AvgIpc) is 2.53. The van der Waals surface area contributed by atoms with Crippen molar-refractivity contribution in [3.8, 4) is 0 Å². The summed E-state index contributed by atoms with van der Waals surface area (Å²) >= 11 is 3.47. The van der Waals surface area contributed by atoms with Gasteiger partial charge in [-0.1, -0.05) is 49.4 Å². The lowest BCUT2D eigenvalue weighted by Gasteiger charge is -2.15. The Morgan fingerprint density at radius 1 is 1.10 bits per heavy atom. The molecule has 0 saturated heterocycles. The van der Waals surface area contributed by atoms with Crippen LogP contribution in [0, 0.1) is 0 Å². The minimum absolute atomic E-state index is 0.455. The number of para-hydroxylation sites is 1. The van der Waals surface area contributed by atoms with Crippen LogP contribution in [0.3, 0.4) is 0 Å². The number of hydrogen-bond donors (Lipinski definition) is 1. The Hall–Kier alpha value is -1.87. The lowest BCUT2D eigenvalue weighted by Crippen LogP contribution is -2.10. The van der Waals surface area contributed by atoms with Crippen LogP contribution in [0.1, 0.15) is 18.4 Å². The van der Waals surface area contributed by atoms with Crippen LogP contribution in [0.2, 0.25) is 0 Å². The molecule has 3 heteroatoms. The second-order valence-corrected chi connectivity index (χ2v) is 6.14. The zero-order valence-electron chi connectivity index (χ0n) is 11.9. The number of aromatic nitrogens is 1. The summed E-state index contributed by atoms with van der Waals surface area (Å²) in [5.74, 6) is 0.455. The topological polar surface area (TPSA) is 24.9 Å². The fraction of sp³-hybridized carbons (Fsp3) is 0.167. The zero-order valence-corrected chi connectivity index (χ0v) is 13.5. The minimum Gasteiger partial charge on any atom is -0.383 e. The highest BCUT2D eigenvalue weighted by Crippen LogP contribution is 2.25. The first kappa shape index (κ1) is 14.1. The molecule has 1 N–H and O–H groups in total. The van der Waals surface area contributed by atoms with Gasteiger partial charge in [0, 0.05) is 22.6 Å². The average molecular weight is 341 g/mol. The lowest BCUT2D eigenvalue weighted by atomic mass is 10.0. The molecule has 1 aromatic heterocycles. The SMILES string of the molecule is CC(CNc1cccc2cc(Br)cnc12)c1ccccc1. The Balaban J connectivity index is 1.79. The largest absolute Gasteiger partial charge is 0.383 e. The zero-order chi connectivity index (χ0) is 14.7. The number of benzene rings is 2. The molecule has 3 aromatic rings. The highest BCUT2D eigenvalue weighted by atomic mass is 79.9. The van der Waals surface area contributed by atoms with Crippen LogP contribution in [0.15, 0.2) is 65.3 Å². The molecule has 106 valence electrons. The smallest absolute Gasteiger partial charge is 0.0934 e. The number of fused-ring (bicyclic) bond motifs is 1. The van der Waals surface area contributed by atoms with Crippen molar-refractivity contribution in [2.45, 2.75) is 12.8 Å². The van der Waals surface area contributed by atoms with Crippen LogP contribution in [-0.4, -0.2) is 11.5 Å². The summed E-state index contributed by atoms with van der Waals surface area (Å²) in [6, 6.07) is 18.9. The quantitative estimate of drug-likeness (QED) is 0.704. The van der Waals surface area contributed by atoms with Crippen LogP contribution >= 0.6 is 15.9 Å². The van der Waals surface area contributed by atoms with Crippen LogP contribution in [0.4, 0.5) is 5.69 Å². The molecule has 0 radical (unpaired) electrons. The molecule has 1 unspecified atom stereocenters. The molecule has 1 heterocycles. The van der Waals surface area contributed by atoms with Gasteiger partial charge >= 0.3 is 0 Å². The summed E-state index contributed by atoms with van der Waals surface area (Å²) in [6.45, 7) is 3.12. The highest BCUT2D eigenvalue weighted by molar-refractivity contribution is 9.10. The monoisotopic (exact) mass is 340 g/mol. The summed E-state index contributed by atoms with van der Waals surface area (Å²) in [5.41, 5.74) is 3.45. The van der Waals surface area contributed by atoms with E-state index in [1.54, 1.807) is 0 Å². The first-order valence-electron chi connectivity index (χ1n) is 7.07. The fourth-order valence-corrected chi connectivity index (χ4v) is 2.79. The van der Waals surface area contributed by atoms with E-state index in [0.29, 0.717) is 5.92 Å². The molecule has 2 nitrogen and oxygen atoms in total. The maximum absolute atomic E-state index is 4.52. The fourth-order valence-electron chi connectivity index (χ4n) is 2.44. The third kappa shape index (κ3) is 3.24. The van der Waals surface area contributed by atoms with Gasteiger partial charge in [-0.15, -0.1) is 0 Å². The van der Waals surface area contributed by atoms with Gasteiger partial charge < -0.3 is 5.32 Å². The molecule has 0 aliphatic heterocycles. The molecule has 0 bridgehead atoms. The van der Waals surface area contributed by atoms with E-state index >= 15 is 0 Å². The normalized spacial score (nSPS) is 12.3. The van der Waals surface area contributed by atoms with Crippen molar-refractivity contribution < 1.29 is 0 Å². The van der Waals surface area contributed by atoms with Gasteiger partial charge in [-0.05, 0) is 39.5 Å². The number of anilines is 1. The third-order valence-electron chi connectivity index (χ3n) is 3.64. The standard InChI is InChI=1S/C18H17BrN2/c1-13(14-6-3-2-4-7-14)11-20-17-9-5-8-15-10-16(19)12-21-18(15)17/h2-10,12-13,20H,11H2,1H3. The van der Waals surface area contributed by atoms with E-state index < -0.39 is 0 Å². The number of hydrogen-bond acceptors (Lipinski definition) is 2. The van der Waals surface area contributed by atoms with Gasteiger partial charge in [0.05, 0.1) is 11.2 Å². The summed E-state index contributed by atoms with van der Waals surface area (Å²) in [4.78, 5) is 4.52. The van der Waals surface area contributed by atoms with Gasteiger partial charge in [-0.3, -0.25) is 4.98 Å². The van der Waals surface area contributed by atoms with Crippen LogP contribution in [0.25, 0.3) is 10.9 Å². The van der Waals surface area contributed by atoms with Gasteiger partial charge in [-0.2, -0.15) is 0 Å². The number of rotatable bonds is 4. The third-order valence-corrected chi connectivity index (χ3v) is 4.08. The van der Waals surface area contributed by atoms with E-state index in [9.17, 15) is 0 Å². The van der Waals surface area contributed by atoms with Crippen molar-refractivity contribution in [3.05, 3.63) is 70.8 Å². The van der Waals surface area contributed by atoms with Crippen molar-refractivity contribution in [3.63, 3.8) is 0 Å². The van der Waals surface area contributed by atoms with Crippen molar-refractivity contribution in [1.29, 1.82) is 0 Å². The van der Waals surface area contributed by atoms with Gasteiger partial charge in [0.25, 0.3) is 0 Å². The molecule has 0 spiro atoms. The van der Waals surface area contributed by atoms with Gasteiger partial charge in [0.15, 0.2) is 0 Å². The number of pyridine rings is 1. The molecular formula is C18H17BrN2. The molecule has 2 aromatic carbocycles. The summed E-state index contributed by atoms with van der Waals surface area (Å²) in [7, 11) is 0. The van der Waals surface area contributed by atoms with E-state index in [-0.39, 0.29) is 0 Å². The summed E-state index contributed by atoms with van der Waals surface area (Å²) in [5, 5.41) is 4.67. The maximum atomic E-state index is 4.52. The molecule has 0 amide bonds. The number of nitrogens with zero attached hydrogens (tertiary/aromatic N) is 1. The lowest BCUT2D eigenvalue weighted by molar-refractivity contribution is 0.805. The Morgan fingerprint density at radius 2 is 1.90 bits per heavy atom. The minimum atomic E-state index is 0.455. The predicted octanol–water partition coefficient (Wildman–Crippen LogP) is 5.21. The Morgan fingerprint density at radius 3 is 2.71 bits per heavy atom. The van der Waals surface area contributed by atoms with Gasteiger partial charge in [0.1, 0.15) is 0 Å². The van der Waals surface area contributed by atoms with E-state index in [1.807, 2.05) is 6.20 Å². The molecule has 21 heavy (non-hydrogen) atoms. The van der Waals surface area contributed by atoms with Crippen molar-refractivity contribution >= 4 is 32.5 Å². The van der Waals surface area contributed by atoms with Crippen LogP contribution in [-0.2, 0) is 0 Å². The van der Waals surface area contributed by atoms with E-state index in [4.69, 9.17) is 0 Å². The maximum Gasteiger partial charge on any atom is 0.0934 e.